The molecule has 35 heavy (non-hydrogen) atoms. The summed E-state index contributed by atoms with van der Waals surface area (Å²) in [6.45, 7) is 0. The fourth-order valence-corrected chi connectivity index (χ4v) is 8.66. The van der Waals surface area contributed by atoms with Crippen LogP contribution in [0.3, 0.4) is 0 Å². The van der Waals surface area contributed by atoms with Crippen molar-refractivity contribution < 1.29 is 17.0 Å². The zero-order valence-electron chi connectivity index (χ0n) is 19.4. The molecule has 5 aromatic carbocycles. The van der Waals surface area contributed by atoms with Gasteiger partial charge in [0.25, 0.3) is 0 Å². The van der Waals surface area contributed by atoms with E-state index in [2.05, 4.69) is 120 Å². The standard InChI is InChI=1S/C32H27NP.BrH/c1-5-13-29(14-6-1)33-25-27-21-23-28(24-22-27)26-34(30-15-7-2-8-16-30,31-17-9-3-10-18-31)32-19-11-4-12-20-32;/h1-25H,26H2;1H/q+1;/p-1. The highest BCUT2D eigenvalue weighted by atomic mass is 79.9. The van der Waals surface area contributed by atoms with Crippen LogP contribution in [0.15, 0.2) is 151 Å². The minimum atomic E-state index is -1.89. The predicted octanol–water partition coefficient (Wildman–Crippen LogP) is 3.94. The largest absolute Gasteiger partial charge is 1.00 e. The maximum Gasteiger partial charge on any atom is 0.116 e. The van der Waals surface area contributed by atoms with Gasteiger partial charge in [0.1, 0.15) is 23.2 Å². The summed E-state index contributed by atoms with van der Waals surface area (Å²) < 4.78 is 0. The van der Waals surface area contributed by atoms with Crippen molar-refractivity contribution in [3.63, 3.8) is 0 Å². The van der Waals surface area contributed by atoms with Crippen molar-refractivity contribution in [2.45, 2.75) is 6.16 Å². The van der Waals surface area contributed by atoms with Gasteiger partial charge in [0.05, 0.1) is 11.8 Å². The number of aliphatic imine (C=N–C) groups is 1. The molecule has 0 aliphatic carbocycles. The Morgan fingerprint density at radius 1 is 0.486 bits per heavy atom. The molecule has 0 spiro atoms. The topological polar surface area (TPSA) is 12.4 Å². The molecule has 0 bridgehead atoms. The number of nitrogens with zero attached hydrogens (tertiary/aromatic N) is 1. The van der Waals surface area contributed by atoms with Crippen LogP contribution in [0.4, 0.5) is 5.69 Å². The molecule has 1 nitrogen and oxygen atoms in total. The molecule has 0 aromatic heterocycles. The van der Waals surface area contributed by atoms with Crippen LogP contribution in [0, 0.1) is 0 Å². The second-order valence-electron chi connectivity index (χ2n) is 8.31. The molecule has 0 unspecified atom stereocenters. The van der Waals surface area contributed by atoms with Crippen molar-refractivity contribution in [2.24, 2.45) is 4.99 Å². The van der Waals surface area contributed by atoms with Crippen molar-refractivity contribution in [3.05, 3.63) is 157 Å². The van der Waals surface area contributed by atoms with Gasteiger partial charge in [-0.15, -0.1) is 0 Å². The zero-order chi connectivity index (χ0) is 23.1. The second-order valence-corrected chi connectivity index (χ2v) is 11.8. The first-order valence-electron chi connectivity index (χ1n) is 11.6. The third-order valence-electron chi connectivity index (χ3n) is 6.11. The summed E-state index contributed by atoms with van der Waals surface area (Å²) in [7, 11) is -1.89. The molecular weight excluding hydrogens is 509 g/mol. The van der Waals surface area contributed by atoms with E-state index in [0.29, 0.717) is 0 Å². The highest BCUT2D eigenvalue weighted by Gasteiger charge is 2.45. The SMILES string of the molecule is C(=Nc1ccccc1)c1ccc(C[P+](c2ccccc2)(c2ccccc2)c2ccccc2)cc1.[Br-]. The van der Waals surface area contributed by atoms with E-state index in [1.165, 1.54) is 21.5 Å². The third kappa shape index (κ3) is 5.68. The van der Waals surface area contributed by atoms with E-state index in [0.717, 1.165) is 17.4 Å². The Labute approximate surface area is 219 Å². The smallest absolute Gasteiger partial charge is 0.116 e. The number of hydrogen-bond donors (Lipinski definition) is 0. The van der Waals surface area contributed by atoms with Crippen molar-refractivity contribution >= 4 is 35.1 Å². The van der Waals surface area contributed by atoms with E-state index in [9.17, 15) is 0 Å². The van der Waals surface area contributed by atoms with Crippen LogP contribution >= 0.6 is 7.26 Å². The van der Waals surface area contributed by atoms with E-state index < -0.39 is 7.26 Å². The van der Waals surface area contributed by atoms with Gasteiger partial charge in [0.15, 0.2) is 0 Å². The molecule has 0 saturated heterocycles. The Hall–Kier alpha value is -3.32. The van der Waals surface area contributed by atoms with E-state index >= 15 is 0 Å². The Morgan fingerprint density at radius 2 is 0.886 bits per heavy atom. The van der Waals surface area contributed by atoms with Crippen LogP contribution in [0.5, 0.6) is 0 Å². The molecule has 0 aliphatic rings. The first-order valence-corrected chi connectivity index (χ1v) is 13.5. The maximum atomic E-state index is 4.61. The summed E-state index contributed by atoms with van der Waals surface area (Å²) >= 11 is 0. The molecule has 3 heteroatoms. The van der Waals surface area contributed by atoms with Gasteiger partial charge < -0.3 is 17.0 Å². The molecule has 172 valence electrons. The average Bonchev–Trinajstić information content (AvgIpc) is 2.93. The third-order valence-corrected chi connectivity index (χ3v) is 10.5. The first-order chi connectivity index (χ1) is 16.8. The molecule has 0 atom stereocenters. The van der Waals surface area contributed by atoms with Gasteiger partial charge in [-0.2, -0.15) is 0 Å². The summed E-state index contributed by atoms with van der Waals surface area (Å²) in [5, 5.41) is 4.21. The zero-order valence-corrected chi connectivity index (χ0v) is 21.9. The molecule has 0 fully saturated rings. The van der Waals surface area contributed by atoms with Crippen molar-refractivity contribution in [1.82, 2.24) is 0 Å². The van der Waals surface area contributed by atoms with Crippen LogP contribution in [0.2, 0.25) is 0 Å². The molecule has 5 aromatic rings. The Morgan fingerprint density at radius 3 is 1.31 bits per heavy atom. The summed E-state index contributed by atoms with van der Waals surface area (Å²) in [6, 6.07) is 52.1. The van der Waals surface area contributed by atoms with E-state index in [1.807, 2.05) is 36.5 Å². The van der Waals surface area contributed by atoms with Crippen molar-refractivity contribution in [2.75, 3.05) is 0 Å². The Balaban J connectivity index is 0.00000289. The van der Waals surface area contributed by atoms with Gasteiger partial charge in [0, 0.05) is 6.21 Å². The lowest BCUT2D eigenvalue weighted by Gasteiger charge is -2.27. The lowest BCUT2D eigenvalue weighted by Crippen LogP contribution is -3.00. The summed E-state index contributed by atoms with van der Waals surface area (Å²) in [4.78, 5) is 4.61. The Kier molecular flexibility index (Phi) is 8.42. The van der Waals surface area contributed by atoms with Crippen LogP contribution in [0.1, 0.15) is 11.1 Å². The molecule has 5 rings (SSSR count). The normalized spacial score (nSPS) is 11.2. The molecule has 0 amide bonds. The van der Waals surface area contributed by atoms with Gasteiger partial charge in [-0.1, -0.05) is 97.1 Å². The van der Waals surface area contributed by atoms with Crippen LogP contribution in [-0.2, 0) is 6.16 Å². The monoisotopic (exact) mass is 535 g/mol. The molecular formula is C32H27BrNP. The number of para-hydroxylation sites is 1. The number of hydrogen-bond acceptors (Lipinski definition) is 1. The quantitative estimate of drug-likeness (QED) is 0.221. The van der Waals surface area contributed by atoms with Gasteiger partial charge in [-0.3, -0.25) is 4.99 Å². The highest BCUT2D eigenvalue weighted by molar-refractivity contribution is 7.95. The molecule has 0 aliphatic heterocycles. The van der Waals surface area contributed by atoms with Crippen LogP contribution in [-0.4, -0.2) is 6.21 Å². The van der Waals surface area contributed by atoms with Crippen LogP contribution < -0.4 is 32.9 Å². The van der Waals surface area contributed by atoms with E-state index in [1.54, 1.807) is 0 Å². The Bertz CT molecular complexity index is 1240. The number of rotatable bonds is 7. The van der Waals surface area contributed by atoms with Crippen LogP contribution in [0.25, 0.3) is 0 Å². The highest BCUT2D eigenvalue weighted by Crippen LogP contribution is 2.58. The maximum absolute atomic E-state index is 4.61. The lowest BCUT2D eigenvalue weighted by atomic mass is 10.2. The summed E-state index contributed by atoms with van der Waals surface area (Å²) in [6.07, 6.45) is 2.91. The molecule has 0 radical (unpaired) electrons. The predicted molar refractivity (Wildman–Crippen MR) is 149 cm³/mol. The van der Waals surface area contributed by atoms with Crippen molar-refractivity contribution in [3.8, 4) is 0 Å². The van der Waals surface area contributed by atoms with Gasteiger partial charge in [-0.05, 0) is 59.7 Å². The van der Waals surface area contributed by atoms with Crippen molar-refractivity contribution in [1.29, 1.82) is 0 Å². The summed E-state index contributed by atoms with van der Waals surface area (Å²) in [5.74, 6) is 0. The molecule has 0 N–H and O–H groups in total. The summed E-state index contributed by atoms with van der Waals surface area (Å²) in [5.41, 5.74) is 3.41. The minimum Gasteiger partial charge on any atom is -1.00 e. The second kappa shape index (κ2) is 11.9. The van der Waals surface area contributed by atoms with Gasteiger partial charge in [0.2, 0.25) is 0 Å². The first kappa shape index (κ1) is 24.8. The van der Waals surface area contributed by atoms with Gasteiger partial charge in [-0.25, -0.2) is 0 Å². The lowest BCUT2D eigenvalue weighted by molar-refractivity contribution is -0.00000657. The molecule has 0 saturated carbocycles. The minimum absolute atomic E-state index is 0. The average molecular weight is 536 g/mol. The van der Waals surface area contributed by atoms with E-state index in [4.69, 9.17) is 0 Å². The fraction of sp³-hybridized carbons (Fsp3) is 0.0312. The fourth-order valence-electron chi connectivity index (χ4n) is 4.41. The van der Waals surface area contributed by atoms with Gasteiger partial charge >= 0.3 is 0 Å². The number of benzene rings is 5. The van der Waals surface area contributed by atoms with E-state index in [-0.39, 0.29) is 17.0 Å². The molecule has 0 heterocycles. The number of halogens is 1.